The van der Waals surface area contributed by atoms with Crippen LogP contribution >= 0.6 is 0 Å². The number of nitrogens with zero attached hydrogens (tertiary/aromatic N) is 1. The summed E-state index contributed by atoms with van der Waals surface area (Å²) in [6.07, 6.45) is 4.70. The fraction of sp³-hybridized carbons (Fsp3) is 0.600. The zero-order valence-corrected chi connectivity index (χ0v) is 11.8. The molecule has 1 amide bonds. The molecule has 1 aromatic rings. The number of carbonyl (C=O) groups is 1. The third-order valence-electron chi connectivity index (χ3n) is 4.16. The summed E-state index contributed by atoms with van der Waals surface area (Å²) in [7, 11) is 0. The van der Waals surface area contributed by atoms with Crippen molar-refractivity contribution in [2.75, 3.05) is 13.1 Å². The molecule has 0 radical (unpaired) electrons. The molecule has 1 aliphatic heterocycles. The molecular weight excluding hydrogens is 238 g/mol. The highest BCUT2D eigenvalue weighted by Crippen LogP contribution is 2.30. The lowest BCUT2D eigenvalue weighted by molar-refractivity contribution is -0.132. The van der Waals surface area contributed by atoms with E-state index in [1.807, 2.05) is 19.1 Å². The van der Waals surface area contributed by atoms with Gasteiger partial charge in [-0.05, 0) is 44.4 Å². The summed E-state index contributed by atoms with van der Waals surface area (Å²) in [5.74, 6) is 0.159. The van der Waals surface area contributed by atoms with E-state index < -0.39 is 0 Å². The molecule has 1 saturated heterocycles. The fourth-order valence-corrected chi connectivity index (χ4v) is 2.68. The lowest BCUT2D eigenvalue weighted by Crippen LogP contribution is -2.50. The number of nitrogens with one attached hydrogen (secondary N) is 2. The van der Waals surface area contributed by atoms with Crippen molar-refractivity contribution in [1.82, 2.24) is 15.6 Å². The zero-order chi connectivity index (χ0) is 13.7. The molecule has 0 bridgehead atoms. The van der Waals surface area contributed by atoms with E-state index in [0.717, 1.165) is 43.6 Å². The minimum Gasteiger partial charge on any atom is -0.350 e. The molecule has 2 rings (SSSR count). The number of aryl methyl sites for hydroxylation is 1. The maximum absolute atomic E-state index is 12.5. The first-order valence-corrected chi connectivity index (χ1v) is 7.07. The van der Waals surface area contributed by atoms with Crippen molar-refractivity contribution in [3.05, 3.63) is 29.6 Å². The minimum atomic E-state index is -0.235. The SMILES string of the molecule is CCC1(C(=O)NCc2ncccc2C)CCCNC1. The predicted octanol–water partition coefficient (Wildman–Crippen LogP) is 1.79. The summed E-state index contributed by atoms with van der Waals surface area (Å²) in [5.41, 5.74) is 1.84. The van der Waals surface area contributed by atoms with Gasteiger partial charge in [0.05, 0.1) is 17.7 Å². The summed E-state index contributed by atoms with van der Waals surface area (Å²) >= 11 is 0. The standard InChI is InChI=1S/C15H23N3O/c1-3-15(7-5-8-16-11-15)14(19)18-10-13-12(2)6-4-9-17-13/h4,6,9,16H,3,5,7-8,10-11H2,1-2H3,(H,18,19). The average molecular weight is 261 g/mol. The minimum absolute atomic E-state index is 0.159. The molecule has 1 atom stereocenters. The molecule has 0 saturated carbocycles. The Balaban J connectivity index is 1.98. The Morgan fingerprint density at radius 2 is 2.42 bits per heavy atom. The normalized spacial score (nSPS) is 23.1. The van der Waals surface area contributed by atoms with E-state index >= 15 is 0 Å². The molecule has 1 aliphatic rings. The van der Waals surface area contributed by atoms with Crippen molar-refractivity contribution in [1.29, 1.82) is 0 Å². The third kappa shape index (κ3) is 3.13. The number of aromatic nitrogens is 1. The summed E-state index contributed by atoms with van der Waals surface area (Å²) in [4.78, 5) is 16.8. The van der Waals surface area contributed by atoms with E-state index in [4.69, 9.17) is 0 Å². The van der Waals surface area contributed by atoms with Crippen molar-refractivity contribution >= 4 is 5.91 Å². The second-order valence-electron chi connectivity index (χ2n) is 5.36. The Labute approximate surface area is 115 Å². The Morgan fingerprint density at radius 3 is 3.05 bits per heavy atom. The Kier molecular flexibility index (Phi) is 4.53. The molecule has 2 N–H and O–H groups in total. The summed E-state index contributed by atoms with van der Waals surface area (Å²) in [6.45, 7) is 6.45. The molecule has 0 aliphatic carbocycles. The van der Waals surface area contributed by atoms with Gasteiger partial charge in [-0.25, -0.2) is 0 Å². The molecule has 2 heterocycles. The molecule has 1 fully saturated rings. The summed E-state index contributed by atoms with van der Waals surface area (Å²) < 4.78 is 0. The average Bonchev–Trinajstić information content (AvgIpc) is 2.46. The molecular formula is C15H23N3O. The summed E-state index contributed by atoms with van der Waals surface area (Å²) in [5, 5.41) is 6.40. The van der Waals surface area contributed by atoms with Crippen LogP contribution < -0.4 is 10.6 Å². The number of carbonyl (C=O) groups excluding carboxylic acids is 1. The highest BCUT2D eigenvalue weighted by molar-refractivity contribution is 5.83. The van der Waals surface area contributed by atoms with Crippen molar-refractivity contribution in [2.24, 2.45) is 5.41 Å². The van der Waals surface area contributed by atoms with Crippen molar-refractivity contribution in [3.63, 3.8) is 0 Å². The Morgan fingerprint density at radius 1 is 1.58 bits per heavy atom. The van der Waals surface area contributed by atoms with Gasteiger partial charge in [-0.2, -0.15) is 0 Å². The predicted molar refractivity (Wildman–Crippen MR) is 75.6 cm³/mol. The van der Waals surface area contributed by atoms with Crippen molar-refractivity contribution < 1.29 is 4.79 Å². The molecule has 1 unspecified atom stereocenters. The fourth-order valence-electron chi connectivity index (χ4n) is 2.68. The first kappa shape index (κ1) is 14.0. The van der Waals surface area contributed by atoms with Crippen LogP contribution in [0.15, 0.2) is 18.3 Å². The Hall–Kier alpha value is -1.42. The van der Waals surface area contributed by atoms with Gasteiger partial charge in [-0.3, -0.25) is 9.78 Å². The van der Waals surface area contributed by atoms with E-state index in [-0.39, 0.29) is 11.3 Å². The number of pyridine rings is 1. The molecule has 1 aromatic heterocycles. The zero-order valence-electron chi connectivity index (χ0n) is 11.8. The molecule has 0 aromatic carbocycles. The number of rotatable bonds is 4. The molecule has 4 nitrogen and oxygen atoms in total. The number of amides is 1. The number of hydrogen-bond donors (Lipinski definition) is 2. The van der Waals surface area contributed by atoms with Gasteiger partial charge < -0.3 is 10.6 Å². The van der Waals surface area contributed by atoms with Crippen LogP contribution in [0.25, 0.3) is 0 Å². The lowest BCUT2D eigenvalue weighted by Gasteiger charge is -2.35. The van der Waals surface area contributed by atoms with Gasteiger partial charge in [-0.15, -0.1) is 0 Å². The van der Waals surface area contributed by atoms with Crippen molar-refractivity contribution in [3.8, 4) is 0 Å². The smallest absolute Gasteiger partial charge is 0.227 e. The first-order valence-electron chi connectivity index (χ1n) is 7.07. The largest absolute Gasteiger partial charge is 0.350 e. The highest BCUT2D eigenvalue weighted by atomic mass is 16.2. The highest BCUT2D eigenvalue weighted by Gasteiger charge is 2.37. The van der Waals surface area contributed by atoms with Gasteiger partial charge in [0.15, 0.2) is 0 Å². The topological polar surface area (TPSA) is 54.0 Å². The van der Waals surface area contributed by atoms with Gasteiger partial charge in [0, 0.05) is 12.7 Å². The monoisotopic (exact) mass is 261 g/mol. The van der Waals surface area contributed by atoms with Crippen LogP contribution in [0.4, 0.5) is 0 Å². The second-order valence-corrected chi connectivity index (χ2v) is 5.36. The van der Waals surface area contributed by atoms with Crippen LogP contribution in [0.2, 0.25) is 0 Å². The van der Waals surface area contributed by atoms with Gasteiger partial charge >= 0.3 is 0 Å². The van der Waals surface area contributed by atoms with E-state index in [1.54, 1.807) is 6.20 Å². The van der Waals surface area contributed by atoms with Crippen LogP contribution in [0.1, 0.15) is 37.4 Å². The lowest BCUT2D eigenvalue weighted by atomic mass is 9.77. The van der Waals surface area contributed by atoms with Crippen LogP contribution in [-0.4, -0.2) is 24.0 Å². The quantitative estimate of drug-likeness (QED) is 0.869. The van der Waals surface area contributed by atoms with E-state index in [2.05, 4.69) is 22.5 Å². The van der Waals surface area contributed by atoms with E-state index in [9.17, 15) is 4.79 Å². The van der Waals surface area contributed by atoms with E-state index in [1.165, 1.54) is 0 Å². The Bertz CT molecular complexity index is 439. The van der Waals surface area contributed by atoms with E-state index in [0.29, 0.717) is 6.54 Å². The second kappa shape index (κ2) is 6.15. The van der Waals surface area contributed by atoms with Crippen LogP contribution in [0.5, 0.6) is 0 Å². The van der Waals surface area contributed by atoms with Gasteiger partial charge in [0.25, 0.3) is 0 Å². The number of hydrogen-bond acceptors (Lipinski definition) is 3. The van der Waals surface area contributed by atoms with Gasteiger partial charge in [0.2, 0.25) is 5.91 Å². The van der Waals surface area contributed by atoms with Crippen LogP contribution in [-0.2, 0) is 11.3 Å². The molecule has 104 valence electrons. The third-order valence-corrected chi connectivity index (χ3v) is 4.16. The maximum atomic E-state index is 12.5. The first-order chi connectivity index (χ1) is 9.18. The van der Waals surface area contributed by atoms with Gasteiger partial charge in [0.1, 0.15) is 0 Å². The van der Waals surface area contributed by atoms with Crippen LogP contribution in [0, 0.1) is 12.3 Å². The maximum Gasteiger partial charge on any atom is 0.227 e. The molecule has 0 spiro atoms. The summed E-state index contributed by atoms with van der Waals surface area (Å²) in [6, 6.07) is 3.94. The van der Waals surface area contributed by atoms with Crippen LogP contribution in [0.3, 0.4) is 0 Å². The van der Waals surface area contributed by atoms with Crippen molar-refractivity contribution in [2.45, 2.75) is 39.7 Å². The molecule has 19 heavy (non-hydrogen) atoms. The number of piperidine rings is 1. The van der Waals surface area contributed by atoms with Gasteiger partial charge in [-0.1, -0.05) is 13.0 Å². The molecule has 4 heteroatoms.